The normalized spacial score (nSPS) is 20.8. The van der Waals surface area contributed by atoms with E-state index >= 15 is 0 Å². The van der Waals surface area contributed by atoms with Crippen LogP contribution in [0.15, 0.2) is 11.6 Å². The van der Waals surface area contributed by atoms with E-state index in [4.69, 9.17) is 0 Å². The summed E-state index contributed by atoms with van der Waals surface area (Å²) in [5.74, 6) is 1.14. The molecule has 18 heavy (non-hydrogen) atoms. The molecule has 102 valence electrons. The summed E-state index contributed by atoms with van der Waals surface area (Å²) >= 11 is 0. The topological polar surface area (TPSA) is 41.1 Å². The van der Waals surface area contributed by atoms with Gasteiger partial charge >= 0.3 is 0 Å². The highest BCUT2D eigenvalue weighted by Gasteiger charge is 2.14. The van der Waals surface area contributed by atoms with Crippen LogP contribution in [-0.2, 0) is 4.79 Å². The predicted octanol–water partition coefficient (Wildman–Crippen LogP) is 2.38. The second kappa shape index (κ2) is 7.57. The number of amides is 1. The summed E-state index contributed by atoms with van der Waals surface area (Å²) in [7, 11) is 0. The van der Waals surface area contributed by atoms with E-state index in [1.54, 1.807) is 0 Å². The van der Waals surface area contributed by atoms with Crippen molar-refractivity contribution in [3.8, 4) is 0 Å². The van der Waals surface area contributed by atoms with Crippen molar-refractivity contribution in [3.05, 3.63) is 11.6 Å². The van der Waals surface area contributed by atoms with Crippen LogP contribution in [0.4, 0.5) is 0 Å². The third-order valence-corrected chi connectivity index (χ3v) is 4.16. The molecule has 0 aromatic heterocycles. The third kappa shape index (κ3) is 4.81. The molecular weight excluding hydrogens is 224 g/mol. The first-order valence-corrected chi connectivity index (χ1v) is 7.50. The van der Waals surface area contributed by atoms with Crippen molar-refractivity contribution in [3.63, 3.8) is 0 Å². The molecule has 1 heterocycles. The summed E-state index contributed by atoms with van der Waals surface area (Å²) in [4.78, 5) is 11.7. The summed E-state index contributed by atoms with van der Waals surface area (Å²) in [6.07, 6.45) is 11.9. The minimum Gasteiger partial charge on any atom is -0.352 e. The number of hydrogen-bond donors (Lipinski definition) is 2. The van der Waals surface area contributed by atoms with Crippen molar-refractivity contribution in [1.29, 1.82) is 0 Å². The molecule has 2 N–H and O–H groups in total. The van der Waals surface area contributed by atoms with Gasteiger partial charge in [0.15, 0.2) is 0 Å². The van der Waals surface area contributed by atoms with Gasteiger partial charge in [-0.05, 0) is 31.7 Å². The Kier molecular flexibility index (Phi) is 5.72. The fraction of sp³-hybridized carbons (Fsp3) is 0.800. The second-order valence-corrected chi connectivity index (χ2v) is 5.64. The van der Waals surface area contributed by atoms with Gasteiger partial charge in [0.1, 0.15) is 0 Å². The average Bonchev–Trinajstić information content (AvgIpc) is 2.91. The molecule has 0 atom stereocenters. The van der Waals surface area contributed by atoms with Crippen molar-refractivity contribution < 1.29 is 4.79 Å². The maximum absolute atomic E-state index is 11.7. The van der Waals surface area contributed by atoms with E-state index in [0.717, 1.165) is 38.4 Å². The number of nitrogens with one attached hydrogen (secondary N) is 2. The smallest absolute Gasteiger partial charge is 0.220 e. The molecule has 2 rings (SSSR count). The minimum absolute atomic E-state index is 0.229. The summed E-state index contributed by atoms with van der Waals surface area (Å²) in [5, 5.41) is 6.32. The van der Waals surface area contributed by atoms with Crippen LogP contribution >= 0.6 is 0 Å². The molecule has 0 bridgehead atoms. The fourth-order valence-corrected chi connectivity index (χ4v) is 2.98. The molecule has 0 saturated heterocycles. The maximum Gasteiger partial charge on any atom is 0.220 e. The van der Waals surface area contributed by atoms with E-state index < -0.39 is 0 Å². The van der Waals surface area contributed by atoms with Gasteiger partial charge in [-0.15, -0.1) is 0 Å². The lowest BCUT2D eigenvalue weighted by molar-refractivity contribution is -0.121. The van der Waals surface area contributed by atoms with Gasteiger partial charge in [-0.25, -0.2) is 0 Å². The highest BCUT2D eigenvalue weighted by molar-refractivity contribution is 5.76. The molecule has 3 heteroatoms. The summed E-state index contributed by atoms with van der Waals surface area (Å²) in [6, 6.07) is 0. The van der Waals surface area contributed by atoms with Crippen LogP contribution in [0, 0.1) is 5.92 Å². The van der Waals surface area contributed by atoms with Crippen LogP contribution in [0.5, 0.6) is 0 Å². The zero-order valence-corrected chi connectivity index (χ0v) is 11.3. The van der Waals surface area contributed by atoms with E-state index in [2.05, 4.69) is 16.7 Å². The Labute approximate surface area is 110 Å². The summed E-state index contributed by atoms with van der Waals surface area (Å²) < 4.78 is 0. The highest BCUT2D eigenvalue weighted by atomic mass is 16.1. The zero-order valence-electron chi connectivity index (χ0n) is 11.3. The fourth-order valence-electron chi connectivity index (χ4n) is 2.98. The predicted molar refractivity (Wildman–Crippen MR) is 74.4 cm³/mol. The Bertz CT molecular complexity index is 293. The Morgan fingerprint density at radius 1 is 1.39 bits per heavy atom. The monoisotopic (exact) mass is 250 g/mol. The standard InChI is InChI=1S/C15H26N2O/c18-15(7-3-6-13-4-1-2-5-13)17-12-14-8-10-16-11-9-14/h8,13,16H,1-7,9-12H2,(H,17,18). The number of carbonyl (C=O) groups is 1. The van der Waals surface area contributed by atoms with E-state index in [1.165, 1.54) is 37.7 Å². The zero-order chi connectivity index (χ0) is 12.6. The van der Waals surface area contributed by atoms with Crippen molar-refractivity contribution >= 4 is 5.91 Å². The Hall–Kier alpha value is -0.830. The van der Waals surface area contributed by atoms with Gasteiger partial charge in [-0.1, -0.05) is 37.3 Å². The minimum atomic E-state index is 0.229. The van der Waals surface area contributed by atoms with Crippen molar-refractivity contribution in [1.82, 2.24) is 10.6 Å². The molecule has 0 unspecified atom stereocenters. The molecule has 3 nitrogen and oxygen atoms in total. The van der Waals surface area contributed by atoms with Gasteiger partial charge in [-0.2, -0.15) is 0 Å². The van der Waals surface area contributed by atoms with Gasteiger partial charge in [-0.3, -0.25) is 4.79 Å². The van der Waals surface area contributed by atoms with Crippen LogP contribution in [-0.4, -0.2) is 25.5 Å². The van der Waals surface area contributed by atoms with Gasteiger partial charge in [0.25, 0.3) is 0 Å². The molecule has 1 saturated carbocycles. The molecule has 2 aliphatic rings. The average molecular weight is 250 g/mol. The van der Waals surface area contributed by atoms with E-state index in [1.807, 2.05) is 0 Å². The van der Waals surface area contributed by atoms with Crippen molar-refractivity contribution in [2.24, 2.45) is 5.92 Å². The Morgan fingerprint density at radius 3 is 2.94 bits per heavy atom. The molecule has 1 fully saturated rings. The lowest BCUT2D eigenvalue weighted by Gasteiger charge is -2.14. The van der Waals surface area contributed by atoms with Crippen LogP contribution in [0.1, 0.15) is 51.4 Å². The summed E-state index contributed by atoms with van der Waals surface area (Å²) in [5.41, 5.74) is 1.37. The van der Waals surface area contributed by atoms with Crippen LogP contribution in [0.25, 0.3) is 0 Å². The maximum atomic E-state index is 11.7. The molecule has 1 aliphatic heterocycles. The first-order valence-electron chi connectivity index (χ1n) is 7.50. The van der Waals surface area contributed by atoms with E-state index in [0.29, 0.717) is 6.42 Å². The number of rotatable bonds is 6. The lowest BCUT2D eigenvalue weighted by atomic mass is 10.0. The number of hydrogen-bond acceptors (Lipinski definition) is 2. The largest absolute Gasteiger partial charge is 0.352 e. The van der Waals surface area contributed by atoms with Gasteiger partial charge in [0.2, 0.25) is 5.91 Å². The van der Waals surface area contributed by atoms with Gasteiger partial charge in [0.05, 0.1) is 0 Å². The molecule has 0 aromatic rings. The lowest BCUT2D eigenvalue weighted by Crippen LogP contribution is -2.29. The van der Waals surface area contributed by atoms with E-state index in [-0.39, 0.29) is 5.91 Å². The first-order chi connectivity index (χ1) is 8.84. The van der Waals surface area contributed by atoms with Crippen LogP contribution in [0.3, 0.4) is 0 Å². The number of carbonyl (C=O) groups excluding carboxylic acids is 1. The molecule has 1 amide bonds. The molecule has 1 aliphatic carbocycles. The molecule has 0 radical (unpaired) electrons. The highest BCUT2D eigenvalue weighted by Crippen LogP contribution is 2.28. The van der Waals surface area contributed by atoms with Crippen LogP contribution in [0.2, 0.25) is 0 Å². The second-order valence-electron chi connectivity index (χ2n) is 5.64. The molecule has 0 spiro atoms. The van der Waals surface area contributed by atoms with Gasteiger partial charge in [0, 0.05) is 19.5 Å². The van der Waals surface area contributed by atoms with Crippen molar-refractivity contribution in [2.45, 2.75) is 51.4 Å². The Balaban J connectivity index is 1.53. The SMILES string of the molecule is O=C(CCCC1CCCC1)NCC1=CCNCC1. The summed E-state index contributed by atoms with van der Waals surface area (Å²) in [6.45, 7) is 2.75. The van der Waals surface area contributed by atoms with Crippen LogP contribution < -0.4 is 10.6 Å². The third-order valence-electron chi connectivity index (χ3n) is 4.16. The quantitative estimate of drug-likeness (QED) is 0.711. The first kappa shape index (κ1) is 13.6. The molecular formula is C15H26N2O. The Morgan fingerprint density at radius 2 is 2.22 bits per heavy atom. The van der Waals surface area contributed by atoms with Crippen molar-refractivity contribution in [2.75, 3.05) is 19.6 Å². The van der Waals surface area contributed by atoms with E-state index in [9.17, 15) is 4.79 Å². The molecule has 0 aromatic carbocycles. The van der Waals surface area contributed by atoms with Gasteiger partial charge < -0.3 is 10.6 Å².